The highest BCUT2D eigenvalue weighted by atomic mass is 32.2. The molecule has 0 radical (unpaired) electrons. The molecule has 1 saturated heterocycles. The molecule has 7 nitrogen and oxygen atoms in total. The van der Waals surface area contributed by atoms with Crippen molar-refractivity contribution in [3.8, 4) is 0 Å². The fourth-order valence-electron chi connectivity index (χ4n) is 3.13. The summed E-state index contributed by atoms with van der Waals surface area (Å²) in [6, 6.07) is 6.91. The van der Waals surface area contributed by atoms with Crippen molar-refractivity contribution in [1.82, 2.24) is 9.97 Å². The first-order chi connectivity index (χ1) is 12.9. The van der Waals surface area contributed by atoms with Crippen molar-refractivity contribution < 1.29 is 8.42 Å². The smallest absolute Gasteiger partial charge is 0.262 e. The number of sulfonamides is 1. The van der Waals surface area contributed by atoms with Gasteiger partial charge in [-0.2, -0.15) is 4.98 Å². The number of aromatic nitrogens is 2. The number of benzene rings is 1. The number of rotatable bonds is 6. The Balaban J connectivity index is 1.88. The molecule has 0 aliphatic carbocycles. The van der Waals surface area contributed by atoms with Gasteiger partial charge >= 0.3 is 0 Å². The van der Waals surface area contributed by atoms with E-state index in [-0.39, 0.29) is 4.90 Å². The van der Waals surface area contributed by atoms with Crippen LogP contribution in [0.5, 0.6) is 0 Å². The van der Waals surface area contributed by atoms with Crippen LogP contribution in [0.1, 0.15) is 31.7 Å². The van der Waals surface area contributed by atoms with E-state index in [0.29, 0.717) is 17.5 Å². The fraction of sp³-hybridized carbons (Fsp3) is 0.474. The average Bonchev–Trinajstić information content (AvgIpc) is 2.68. The second-order valence-corrected chi connectivity index (χ2v) is 8.63. The predicted molar refractivity (Wildman–Crippen MR) is 109 cm³/mol. The average molecular weight is 390 g/mol. The van der Waals surface area contributed by atoms with E-state index in [4.69, 9.17) is 0 Å². The molecule has 27 heavy (non-hydrogen) atoms. The minimum absolute atomic E-state index is 0.226. The number of hydrogen-bond donors (Lipinski definition) is 1. The van der Waals surface area contributed by atoms with E-state index in [9.17, 15) is 8.42 Å². The summed E-state index contributed by atoms with van der Waals surface area (Å²) in [5, 5.41) is 0. The molecule has 1 aliphatic heterocycles. The topological polar surface area (TPSA) is 78.4 Å². The van der Waals surface area contributed by atoms with Crippen molar-refractivity contribution in [1.29, 1.82) is 0 Å². The lowest BCUT2D eigenvalue weighted by Gasteiger charge is -2.28. The van der Waals surface area contributed by atoms with Crippen LogP contribution in [0.4, 0.5) is 17.5 Å². The second-order valence-electron chi connectivity index (χ2n) is 6.95. The van der Waals surface area contributed by atoms with Crippen LogP contribution in [-0.4, -0.2) is 45.6 Å². The van der Waals surface area contributed by atoms with Gasteiger partial charge in [-0.1, -0.05) is 19.1 Å². The molecule has 2 heterocycles. The Morgan fingerprint density at radius 3 is 2.37 bits per heavy atom. The summed E-state index contributed by atoms with van der Waals surface area (Å²) < 4.78 is 28.2. The maximum Gasteiger partial charge on any atom is 0.262 e. The van der Waals surface area contributed by atoms with Crippen molar-refractivity contribution in [2.75, 3.05) is 41.7 Å². The molecule has 1 aliphatic rings. The molecule has 0 unspecified atom stereocenters. The third-order valence-electron chi connectivity index (χ3n) is 4.70. The first-order valence-corrected chi connectivity index (χ1v) is 10.8. The molecular weight excluding hydrogens is 362 g/mol. The zero-order valence-corrected chi connectivity index (χ0v) is 17.0. The van der Waals surface area contributed by atoms with Gasteiger partial charge in [-0.15, -0.1) is 0 Å². The van der Waals surface area contributed by atoms with Crippen molar-refractivity contribution in [2.24, 2.45) is 0 Å². The van der Waals surface area contributed by atoms with Gasteiger partial charge < -0.3 is 9.80 Å². The van der Waals surface area contributed by atoms with Gasteiger partial charge in [0.15, 0.2) is 5.82 Å². The number of nitrogens with one attached hydrogen (secondary N) is 1. The largest absolute Gasteiger partial charge is 0.361 e. The van der Waals surface area contributed by atoms with Crippen LogP contribution < -0.4 is 14.5 Å². The van der Waals surface area contributed by atoms with Gasteiger partial charge in [-0.25, -0.2) is 13.4 Å². The molecule has 0 saturated carbocycles. The number of anilines is 3. The van der Waals surface area contributed by atoms with Crippen molar-refractivity contribution >= 4 is 27.5 Å². The van der Waals surface area contributed by atoms with Crippen LogP contribution in [0.2, 0.25) is 0 Å². The van der Waals surface area contributed by atoms with Gasteiger partial charge in [0.1, 0.15) is 5.69 Å². The molecule has 146 valence electrons. The molecule has 1 fully saturated rings. The van der Waals surface area contributed by atoms with E-state index >= 15 is 0 Å². The highest BCUT2D eigenvalue weighted by Crippen LogP contribution is 2.27. The molecule has 0 bridgehead atoms. The van der Waals surface area contributed by atoms with Crippen LogP contribution in [-0.2, 0) is 16.4 Å². The molecule has 1 aromatic heterocycles. The summed E-state index contributed by atoms with van der Waals surface area (Å²) in [4.78, 5) is 13.2. The van der Waals surface area contributed by atoms with Gasteiger partial charge in [0, 0.05) is 27.2 Å². The van der Waals surface area contributed by atoms with E-state index in [0.717, 1.165) is 37.9 Å². The molecule has 0 amide bonds. The van der Waals surface area contributed by atoms with Crippen molar-refractivity contribution in [2.45, 2.75) is 37.5 Å². The lowest BCUT2D eigenvalue weighted by molar-refractivity contribution is 0.568. The maximum atomic E-state index is 12.8. The molecule has 3 rings (SSSR count). The monoisotopic (exact) mass is 389 g/mol. The molecule has 0 spiro atoms. The Labute approximate surface area is 161 Å². The zero-order chi connectivity index (χ0) is 19.4. The van der Waals surface area contributed by atoms with Gasteiger partial charge in [-0.05, 0) is 43.4 Å². The van der Waals surface area contributed by atoms with Gasteiger partial charge in [0.2, 0.25) is 5.95 Å². The van der Waals surface area contributed by atoms with Crippen LogP contribution in [0.3, 0.4) is 0 Å². The van der Waals surface area contributed by atoms with E-state index in [2.05, 4.69) is 19.6 Å². The SMILES string of the molecule is CCc1ccc(S(=O)(=O)Nc2cnc(N3CCCCC3)nc2N(C)C)cc1. The Hall–Kier alpha value is -2.35. The molecular formula is C19H27N5O2S. The molecule has 2 aromatic rings. The first-order valence-electron chi connectivity index (χ1n) is 9.32. The van der Waals surface area contributed by atoms with Crippen LogP contribution >= 0.6 is 0 Å². The summed E-state index contributed by atoms with van der Waals surface area (Å²) in [7, 11) is -0.0155. The summed E-state index contributed by atoms with van der Waals surface area (Å²) in [5.41, 5.74) is 1.47. The summed E-state index contributed by atoms with van der Waals surface area (Å²) in [6.07, 6.45) is 5.91. The summed E-state index contributed by atoms with van der Waals surface area (Å²) in [6.45, 7) is 3.90. The summed E-state index contributed by atoms with van der Waals surface area (Å²) in [5.74, 6) is 1.20. The van der Waals surface area contributed by atoms with Crippen LogP contribution in [0.15, 0.2) is 35.4 Å². The number of nitrogens with zero attached hydrogens (tertiary/aromatic N) is 4. The Kier molecular flexibility index (Phi) is 5.84. The number of piperidine rings is 1. The van der Waals surface area contributed by atoms with Crippen LogP contribution in [0, 0.1) is 0 Å². The number of hydrogen-bond acceptors (Lipinski definition) is 6. The Morgan fingerprint density at radius 1 is 1.11 bits per heavy atom. The highest BCUT2D eigenvalue weighted by Gasteiger charge is 2.20. The summed E-state index contributed by atoms with van der Waals surface area (Å²) >= 11 is 0. The third-order valence-corrected chi connectivity index (χ3v) is 6.09. The minimum Gasteiger partial charge on any atom is -0.361 e. The Bertz CT molecular complexity index is 875. The first kappa shape index (κ1) is 19.4. The van der Waals surface area contributed by atoms with E-state index < -0.39 is 10.0 Å². The van der Waals surface area contributed by atoms with Gasteiger partial charge in [0.05, 0.1) is 11.1 Å². The van der Waals surface area contributed by atoms with Gasteiger partial charge in [0.25, 0.3) is 10.0 Å². The lowest BCUT2D eigenvalue weighted by atomic mass is 10.1. The van der Waals surface area contributed by atoms with E-state index in [1.807, 2.05) is 33.2 Å². The molecule has 8 heteroatoms. The normalized spacial score (nSPS) is 14.9. The highest BCUT2D eigenvalue weighted by molar-refractivity contribution is 7.92. The Morgan fingerprint density at radius 2 is 1.78 bits per heavy atom. The molecule has 1 N–H and O–H groups in total. The quantitative estimate of drug-likeness (QED) is 0.818. The molecule has 0 atom stereocenters. The predicted octanol–water partition coefficient (Wildman–Crippen LogP) is 2.90. The standard InChI is InChI=1S/C19H27N5O2S/c1-4-15-8-10-16(11-9-15)27(25,26)22-17-14-20-19(21-18(17)23(2)3)24-12-6-5-7-13-24/h8-11,14,22H,4-7,12-13H2,1-3H3. The van der Waals surface area contributed by atoms with Crippen molar-refractivity contribution in [3.63, 3.8) is 0 Å². The zero-order valence-electron chi connectivity index (χ0n) is 16.1. The second kappa shape index (κ2) is 8.12. The third kappa shape index (κ3) is 4.50. The maximum absolute atomic E-state index is 12.8. The number of aryl methyl sites for hydroxylation is 1. The molecule has 1 aromatic carbocycles. The fourth-order valence-corrected chi connectivity index (χ4v) is 4.18. The lowest BCUT2D eigenvalue weighted by Crippen LogP contribution is -2.31. The minimum atomic E-state index is -3.70. The van der Waals surface area contributed by atoms with E-state index in [1.54, 1.807) is 23.2 Å². The van der Waals surface area contributed by atoms with Crippen molar-refractivity contribution in [3.05, 3.63) is 36.0 Å². The van der Waals surface area contributed by atoms with Gasteiger partial charge in [-0.3, -0.25) is 4.72 Å². The van der Waals surface area contributed by atoms with E-state index in [1.165, 1.54) is 6.42 Å². The van der Waals surface area contributed by atoms with Crippen LogP contribution in [0.25, 0.3) is 0 Å².